The third-order valence-electron chi connectivity index (χ3n) is 3.70. The Balaban J connectivity index is 2.15. The van der Waals surface area contributed by atoms with E-state index in [1.165, 1.54) is 0 Å². The molecule has 0 bridgehead atoms. The molecule has 0 saturated carbocycles. The predicted octanol–water partition coefficient (Wildman–Crippen LogP) is 2.20. The number of aromatic nitrogens is 3. The van der Waals surface area contributed by atoms with Crippen LogP contribution in [-0.2, 0) is 14.7 Å². The van der Waals surface area contributed by atoms with Crippen LogP contribution in [-0.4, -0.2) is 55.8 Å². The quantitative estimate of drug-likeness (QED) is 0.753. The molecule has 0 amide bonds. The van der Waals surface area contributed by atoms with E-state index in [4.69, 9.17) is 22.1 Å². The molecular weight excluding hydrogens is 380 g/mol. The van der Waals surface area contributed by atoms with E-state index < -0.39 is 10.0 Å². The average Bonchev–Trinajstić information content (AvgIpc) is 2.52. The minimum atomic E-state index is -3.38. The summed E-state index contributed by atoms with van der Waals surface area (Å²) < 4.78 is 30.5. The fourth-order valence-electron chi connectivity index (χ4n) is 2.63. The first-order valence-electron chi connectivity index (χ1n) is 7.83. The van der Waals surface area contributed by atoms with E-state index in [-0.39, 0.29) is 22.8 Å². The Labute approximate surface area is 156 Å². The van der Waals surface area contributed by atoms with Crippen LogP contribution in [0.3, 0.4) is 0 Å². The summed E-state index contributed by atoms with van der Waals surface area (Å²) >= 11 is 5.97. The van der Waals surface area contributed by atoms with Gasteiger partial charge in [0.2, 0.25) is 0 Å². The third-order valence-corrected chi connectivity index (χ3v) is 4.42. The number of rotatable bonds is 3. The van der Waals surface area contributed by atoms with Gasteiger partial charge in [0, 0.05) is 24.4 Å². The van der Waals surface area contributed by atoms with Gasteiger partial charge in [-0.25, -0.2) is 19.2 Å². The Morgan fingerprint density at radius 1 is 1.38 bits per heavy atom. The number of anilines is 2. The van der Waals surface area contributed by atoms with Crippen molar-refractivity contribution >= 4 is 39.1 Å². The molecule has 0 radical (unpaired) electrons. The molecule has 2 atom stereocenters. The zero-order chi connectivity index (χ0) is 18.9. The number of halogens is 1. The van der Waals surface area contributed by atoms with Crippen molar-refractivity contribution < 1.29 is 13.5 Å². The van der Waals surface area contributed by atoms with Crippen LogP contribution < -0.4 is 10.6 Å². The summed E-state index contributed by atoms with van der Waals surface area (Å²) in [6.45, 7) is 3.77. The summed E-state index contributed by atoms with van der Waals surface area (Å²) in [5, 5.41) is 0.202. The van der Waals surface area contributed by atoms with E-state index in [1.54, 1.807) is 18.2 Å². The first-order chi connectivity index (χ1) is 12.2. The summed E-state index contributed by atoms with van der Waals surface area (Å²) in [6.07, 6.45) is 1.12. The molecule has 3 N–H and O–H groups in total. The highest BCUT2D eigenvalue weighted by Gasteiger charge is 2.22. The lowest BCUT2D eigenvalue weighted by molar-refractivity contribution is 0.0985. The maximum atomic E-state index is 11.7. The van der Waals surface area contributed by atoms with Crippen molar-refractivity contribution in [1.82, 2.24) is 15.0 Å². The third kappa shape index (κ3) is 4.58. The Morgan fingerprint density at radius 2 is 2.15 bits per heavy atom. The molecule has 0 spiro atoms. The van der Waals surface area contributed by atoms with E-state index in [0.29, 0.717) is 37.0 Å². The second-order valence-electron chi connectivity index (χ2n) is 5.98. The Bertz CT molecular complexity index is 919. The lowest BCUT2D eigenvalue weighted by Gasteiger charge is -2.34. The van der Waals surface area contributed by atoms with Crippen molar-refractivity contribution in [2.75, 3.05) is 36.6 Å². The SMILES string of the molecule is C[C@@H]1COCCN1c1cc(N=S(C)(=O)O)nc(-c2cc(N)nc(Cl)c2)n1. The Morgan fingerprint density at radius 3 is 2.81 bits per heavy atom. The summed E-state index contributed by atoms with van der Waals surface area (Å²) in [5.41, 5.74) is 6.30. The maximum absolute atomic E-state index is 11.7. The van der Waals surface area contributed by atoms with Gasteiger partial charge in [-0.1, -0.05) is 11.6 Å². The van der Waals surface area contributed by atoms with Crippen molar-refractivity contribution in [2.45, 2.75) is 13.0 Å². The molecule has 1 unspecified atom stereocenters. The number of nitrogens with zero attached hydrogens (tertiary/aromatic N) is 5. The van der Waals surface area contributed by atoms with Gasteiger partial charge < -0.3 is 19.9 Å². The highest BCUT2D eigenvalue weighted by molar-refractivity contribution is 7.87. The van der Waals surface area contributed by atoms with Crippen LogP contribution in [0.15, 0.2) is 22.6 Å². The number of hydrogen-bond acceptors (Lipinski definition) is 8. The summed E-state index contributed by atoms with van der Waals surface area (Å²) in [5.74, 6) is 1.20. The monoisotopic (exact) mass is 398 g/mol. The van der Waals surface area contributed by atoms with Gasteiger partial charge in [-0.15, -0.1) is 0 Å². The molecule has 0 aromatic carbocycles. The number of nitrogen functional groups attached to an aromatic ring is 1. The minimum Gasteiger partial charge on any atom is -0.384 e. The Hall–Kier alpha value is -2.01. The highest BCUT2D eigenvalue weighted by Crippen LogP contribution is 2.28. The van der Waals surface area contributed by atoms with Crippen molar-refractivity contribution in [2.24, 2.45) is 4.36 Å². The molecule has 3 heterocycles. The molecule has 1 aliphatic heterocycles. The largest absolute Gasteiger partial charge is 0.384 e. The molecule has 1 saturated heterocycles. The zero-order valence-corrected chi connectivity index (χ0v) is 15.9. The molecule has 1 fully saturated rings. The fourth-order valence-corrected chi connectivity index (χ4v) is 3.29. The molecule has 140 valence electrons. The normalized spacial score (nSPS) is 19.8. The van der Waals surface area contributed by atoms with Crippen LogP contribution in [0.2, 0.25) is 5.15 Å². The second-order valence-corrected chi connectivity index (χ2v) is 8.08. The van der Waals surface area contributed by atoms with Gasteiger partial charge in [-0.2, -0.15) is 4.36 Å². The van der Waals surface area contributed by atoms with Crippen molar-refractivity contribution in [1.29, 1.82) is 0 Å². The number of morpholine rings is 1. The van der Waals surface area contributed by atoms with E-state index in [1.807, 2.05) is 11.8 Å². The average molecular weight is 399 g/mol. The molecule has 2 aromatic rings. The molecule has 26 heavy (non-hydrogen) atoms. The summed E-state index contributed by atoms with van der Waals surface area (Å²) in [4.78, 5) is 14.8. The van der Waals surface area contributed by atoms with E-state index in [2.05, 4.69) is 19.3 Å². The molecule has 9 nitrogen and oxygen atoms in total. The first kappa shape index (κ1) is 18.8. The lowest BCUT2D eigenvalue weighted by atomic mass is 10.2. The molecule has 0 aliphatic carbocycles. The smallest absolute Gasteiger partial charge is 0.169 e. The minimum absolute atomic E-state index is 0.0885. The van der Waals surface area contributed by atoms with Crippen LogP contribution >= 0.6 is 11.6 Å². The molecule has 11 heteroatoms. The van der Waals surface area contributed by atoms with Gasteiger partial charge >= 0.3 is 0 Å². The predicted molar refractivity (Wildman–Crippen MR) is 101 cm³/mol. The topological polar surface area (TPSA) is 127 Å². The van der Waals surface area contributed by atoms with Gasteiger partial charge in [0.15, 0.2) is 21.7 Å². The van der Waals surface area contributed by atoms with E-state index >= 15 is 0 Å². The van der Waals surface area contributed by atoms with Crippen molar-refractivity contribution in [3.05, 3.63) is 23.4 Å². The van der Waals surface area contributed by atoms with E-state index in [0.717, 1.165) is 6.26 Å². The summed E-state index contributed by atoms with van der Waals surface area (Å²) in [7, 11) is -3.38. The molecule has 1 aliphatic rings. The van der Waals surface area contributed by atoms with Crippen LogP contribution in [0.4, 0.5) is 17.5 Å². The van der Waals surface area contributed by atoms with Crippen molar-refractivity contribution in [3.8, 4) is 11.4 Å². The molecule has 3 rings (SSSR count). The lowest BCUT2D eigenvalue weighted by Crippen LogP contribution is -2.44. The van der Waals surface area contributed by atoms with Gasteiger partial charge in [0.25, 0.3) is 0 Å². The maximum Gasteiger partial charge on any atom is 0.169 e. The Kier molecular flexibility index (Phi) is 5.28. The molecule has 2 aromatic heterocycles. The number of ether oxygens (including phenoxy) is 1. The number of pyridine rings is 1. The van der Waals surface area contributed by atoms with Gasteiger partial charge in [-0.3, -0.25) is 0 Å². The van der Waals surface area contributed by atoms with Crippen LogP contribution in [0.5, 0.6) is 0 Å². The molecular formula is C15H19ClN6O3S. The highest BCUT2D eigenvalue weighted by atomic mass is 35.5. The van der Waals surface area contributed by atoms with Crippen molar-refractivity contribution in [3.63, 3.8) is 0 Å². The number of nitrogens with two attached hydrogens (primary N) is 1. The van der Waals surface area contributed by atoms with Crippen LogP contribution in [0.25, 0.3) is 11.4 Å². The first-order valence-corrected chi connectivity index (χ1v) is 10.1. The number of hydrogen-bond donors (Lipinski definition) is 2. The summed E-state index contributed by atoms with van der Waals surface area (Å²) in [6, 6.07) is 4.83. The van der Waals surface area contributed by atoms with Crippen LogP contribution in [0, 0.1) is 0 Å². The fraction of sp³-hybridized carbons (Fsp3) is 0.400. The zero-order valence-electron chi connectivity index (χ0n) is 14.3. The standard InChI is InChI=1S/C15H19ClN6O3S/c1-9-8-25-4-3-22(9)14-7-13(21-26(2,23)24)19-15(20-14)10-5-11(16)18-12(17)6-10/h5-7,9H,3-4,8H2,1-2H3,(H2,17,18)(H,19,20,21,23,24)/t9-/m1/s1. The van der Waals surface area contributed by atoms with Gasteiger partial charge in [0.05, 0.1) is 19.3 Å². The second kappa shape index (κ2) is 7.31. The van der Waals surface area contributed by atoms with Gasteiger partial charge in [-0.05, 0) is 19.1 Å². The van der Waals surface area contributed by atoms with E-state index in [9.17, 15) is 8.76 Å². The van der Waals surface area contributed by atoms with Crippen LogP contribution in [0.1, 0.15) is 6.92 Å². The van der Waals surface area contributed by atoms with Gasteiger partial charge in [0.1, 0.15) is 16.8 Å².